The number of carbonyl (C=O) groups excluding carboxylic acids is 4. The molecule has 4 amide bonds. The molecular weight excluding hydrogens is 477 g/mol. The molecule has 2 aromatic rings. The van der Waals surface area contributed by atoms with Crippen molar-refractivity contribution in [3.8, 4) is 11.5 Å². The Kier molecular flexibility index (Phi) is 7.66. The van der Waals surface area contributed by atoms with E-state index in [1.54, 1.807) is 24.3 Å². The van der Waals surface area contributed by atoms with Gasteiger partial charge in [-0.2, -0.15) is 0 Å². The van der Waals surface area contributed by atoms with Crippen LogP contribution in [0.15, 0.2) is 47.4 Å². The van der Waals surface area contributed by atoms with Gasteiger partial charge in [-0.1, -0.05) is 6.07 Å². The van der Waals surface area contributed by atoms with Crippen LogP contribution < -0.4 is 20.1 Å². The predicted molar refractivity (Wildman–Crippen MR) is 126 cm³/mol. The van der Waals surface area contributed by atoms with Crippen LogP contribution in [0.5, 0.6) is 11.5 Å². The number of ether oxygens (including phenoxy) is 2. The molecule has 35 heavy (non-hydrogen) atoms. The molecule has 0 radical (unpaired) electrons. The van der Waals surface area contributed by atoms with Crippen LogP contribution in [0.3, 0.4) is 0 Å². The lowest BCUT2D eigenvalue weighted by Crippen LogP contribution is -2.37. The Morgan fingerprint density at radius 1 is 1.03 bits per heavy atom. The third kappa shape index (κ3) is 6.18. The first-order valence-corrected chi connectivity index (χ1v) is 11.7. The third-order valence-electron chi connectivity index (χ3n) is 5.20. The van der Waals surface area contributed by atoms with Gasteiger partial charge in [0.1, 0.15) is 5.82 Å². The molecule has 2 heterocycles. The summed E-state index contributed by atoms with van der Waals surface area (Å²) < 4.78 is 23.5. The van der Waals surface area contributed by atoms with Gasteiger partial charge < -0.3 is 20.1 Å². The minimum atomic E-state index is -0.425. The second kappa shape index (κ2) is 11.0. The van der Waals surface area contributed by atoms with E-state index in [0.717, 1.165) is 16.7 Å². The molecule has 11 heteroatoms. The molecule has 0 saturated carbocycles. The maximum atomic E-state index is 12.9. The Morgan fingerprint density at radius 2 is 1.80 bits per heavy atom. The van der Waals surface area contributed by atoms with Crippen LogP contribution in [0.2, 0.25) is 0 Å². The number of rotatable bonds is 9. The van der Waals surface area contributed by atoms with Crippen LogP contribution in [0.1, 0.15) is 28.8 Å². The number of imide groups is 1. The molecule has 2 aliphatic rings. The normalized spacial score (nSPS) is 15.6. The van der Waals surface area contributed by atoms with Crippen LogP contribution >= 0.6 is 11.8 Å². The second-order valence-corrected chi connectivity index (χ2v) is 8.66. The molecule has 0 spiro atoms. The number of benzene rings is 2. The van der Waals surface area contributed by atoms with Crippen molar-refractivity contribution in [2.24, 2.45) is 0 Å². The van der Waals surface area contributed by atoms with Crippen LogP contribution in [0.4, 0.5) is 9.18 Å². The zero-order chi connectivity index (χ0) is 24.8. The summed E-state index contributed by atoms with van der Waals surface area (Å²) in [5, 5.41) is 4.93. The summed E-state index contributed by atoms with van der Waals surface area (Å²) in [6.45, 7) is 0.593. The van der Waals surface area contributed by atoms with Gasteiger partial charge in [-0.25, -0.2) is 4.39 Å². The van der Waals surface area contributed by atoms with Gasteiger partial charge in [0, 0.05) is 31.6 Å². The van der Waals surface area contributed by atoms with E-state index in [0.29, 0.717) is 29.0 Å². The van der Waals surface area contributed by atoms with E-state index in [1.807, 2.05) is 0 Å². The van der Waals surface area contributed by atoms with E-state index in [2.05, 4.69) is 10.6 Å². The molecule has 0 aliphatic carbocycles. The summed E-state index contributed by atoms with van der Waals surface area (Å²) >= 11 is 0.840. The Bertz CT molecular complexity index is 1180. The van der Waals surface area contributed by atoms with Crippen LogP contribution in [0.25, 0.3) is 6.08 Å². The largest absolute Gasteiger partial charge is 0.454 e. The van der Waals surface area contributed by atoms with Gasteiger partial charge in [0.15, 0.2) is 11.5 Å². The quantitative estimate of drug-likeness (QED) is 0.403. The summed E-state index contributed by atoms with van der Waals surface area (Å²) in [4.78, 5) is 50.3. The Hall–Kier alpha value is -3.86. The minimum Gasteiger partial charge on any atom is -0.454 e. The van der Waals surface area contributed by atoms with E-state index in [-0.39, 0.29) is 49.6 Å². The van der Waals surface area contributed by atoms with Crippen LogP contribution in [-0.4, -0.2) is 54.3 Å². The van der Waals surface area contributed by atoms with E-state index < -0.39 is 17.0 Å². The maximum Gasteiger partial charge on any atom is 0.293 e. The first-order chi connectivity index (χ1) is 16.9. The molecule has 1 fully saturated rings. The summed E-state index contributed by atoms with van der Waals surface area (Å²) in [6, 6.07) is 10.4. The number of fused-ring (bicyclic) bond motifs is 1. The molecule has 2 aliphatic heterocycles. The average molecular weight is 500 g/mol. The minimum absolute atomic E-state index is 0.0518. The highest BCUT2D eigenvalue weighted by atomic mass is 32.2. The van der Waals surface area contributed by atoms with Gasteiger partial charge in [0.05, 0.1) is 4.91 Å². The van der Waals surface area contributed by atoms with Crippen molar-refractivity contribution in [3.63, 3.8) is 0 Å². The third-order valence-corrected chi connectivity index (χ3v) is 6.11. The molecular formula is C24H22FN3O6S. The van der Waals surface area contributed by atoms with Crippen molar-refractivity contribution in [3.05, 3.63) is 64.3 Å². The van der Waals surface area contributed by atoms with Gasteiger partial charge in [-0.15, -0.1) is 0 Å². The number of carbonyl (C=O) groups is 4. The Morgan fingerprint density at radius 3 is 2.60 bits per heavy atom. The van der Waals surface area contributed by atoms with Gasteiger partial charge in [-0.3, -0.25) is 24.1 Å². The molecule has 0 atom stereocenters. The van der Waals surface area contributed by atoms with Crippen molar-refractivity contribution in [2.75, 3.05) is 26.4 Å². The fourth-order valence-corrected chi connectivity index (χ4v) is 4.26. The first kappa shape index (κ1) is 24.3. The molecule has 2 aromatic carbocycles. The lowest BCUT2D eigenvalue weighted by atomic mass is 10.2. The lowest BCUT2D eigenvalue weighted by Gasteiger charge is -2.13. The number of thioether (sulfide) groups is 1. The van der Waals surface area contributed by atoms with Crippen molar-refractivity contribution in [2.45, 2.75) is 12.8 Å². The Balaban J connectivity index is 1.17. The number of nitrogens with one attached hydrogen (secondary N) is 2. The molecule has 2 N–H and O–H groups in total. The van der Waals surface area contributed by atoms with E-state index in [4.69, 9.17) is 9.47 Å². The van der Waals surface area contributed by atoms with Gasteiger partial charge in [0.25, 0.3) is 17.1 Å². The highest BCUT2D eigenvalue weighted by Gasteiger charge is 2.34. The second-order valence-electron chi connectivity index (χ2n) is 7.66. The van der Waals surface area contributed by atoms with Gasteiger partial charge in [0.2, 0.25) is 12.7 Å². The van der Waals surface area contributed by atoms with Crippen molar-refractivity contribution < 1.29 is 33.0 Å². The Labute approximate surface area is 204 Å². The molecule has 4 rings (SSSR count). The highest BCUT2D eigenvalue weighted by Crippen LogP contribution is 2.36. The van der Waals surface area contributed by atoms with Crippen molar-refractivity contribution >= 4 is 40.8 Å². The number of halogens is 1. The van der Waals surface area contributed by atoms with Crippen molar-refractivity contribution in [1.82, 2.24) is 15.5 Å². The standard InChI is InChI=1S/C24H22FN3O6S/c25-17-6-4-16(5-7-17)22(30)27-9-1-2-21(29)26-10-11-28-23(31)20(35-24(28)32)13-15-3-8-18-19(12-15)34-14-33-18/h3-8,12-13H,1-2,9-11,14H2,(H,26,29)(H,27,30)/b20-13+. The van der Waals surface area contributed by atoms with Gasteiger partial charge >= 0.3 is 0 Å². The summed E-state index contributed by atoms with van der Waals surface area (Å²) in [5.74, 6) is -0.249. The topological polar surface area (TPSA) is 114 Å². The van der Waals surface area contributed by atoms with E-state index >= 15 is 0 Å². The number of nitrogens with zero attached hydrogens (tertiary/aromatic N) is 1. The maximum absolute atomic E-state index is 12.9. The number of hydrogen-bond donors (Lipinski definition) is 2. The average Bonchev–Trinajstić information content (AvgIpc) is 3.41. The first-order valence-electron chi connectivity index (χ1n) is 10.9. The summed E-state index contributed by atoms with van der Waals surface area (Å²) in [5.41, 5.74) is 1.04. The zero-order valence-electron chi connectivity index (χ0n) is 18.5. The molecule has 182 valence electrons. The van der Waals surface area contributed by atoms with Crippen LogP contribution in [0, 0.1) is 5.82 Å². The molecule has 0 unspecified atom stereocenters. The lowest BCUT2D eigenvalue weighted by molar-refractivity contribution is -0.124. The molecule has 1 saturated heterocycles. The number of amides is 4. The number of hydrogen-bond acceptors (Lipinski definition) is 7. The SMILES string of the molecule is O=C(CCCNC(=O)c1ccc(F)cc1)NCCN1C(=O)S/C(=C/c2ccc3c(c2)OCO3)C1=O. The predicted octanol–water partition coefficient (Wildman–Crippen LogP) is 2.92. The molecule has 0 aromatic heterocycles. The fraction of sp³-hybridized carbons (Fsp3) is 0.250. The van der Waals surface area contributed by atoms with E-state index in [9.17, 15) is 23.6 Å². The zero-order valence-corrected chi connectivity index (χ0v) is 19.4. The monoisotopic (exact) mass is 499 g/mol. The molecule has 0 bridgehead atoms. The van der Waals surface area contributed by atoms with E-state index in [1.165, 1.54) is 24.3 Å². The van der Waals surface area contributed by atoms with Crippen LogP contribution in [-0.2, 0) is 9.59 Å². The fourth-order valence-electron chi connectivity index (χ4n) is 3.40. The molecule has 9 nitrogen and oxygen atoms in total. The summed E-state index contributed by atoms with van der Waals surface area (Å²) in [6.07, 6.45) is 2.18. The highest BCUT2D eigenvalue weighted by molar-refractivity contribution is 8.18. The van der Waals surface area contributed by atoms with Crippen molar-refractivity contribution in [1.29, 1.82) is 0 Å². The van der Waals surface area contributed by atoms with Gasteiger partial charge in [-0.05, 0) is 66.2 Å². The summed E-state index contributed by atoms with van der Waals surface area (Å²) in [7, 11) is 0. The smallest absolute Gasteiger partial charge is 0.293 e.